The van der Waals surface area contributed by atoms with Crippen LogP contribution >= 0.6 is 0 Å². The Morgan fingerprint density at radius 3 is 2.44 bits per heavy atom. The number of benzene rings is 1. The summed E-state index contributed by atoms with van der Waals surface area (Å²) in [4.78, 5) is 12.5. The van der Waals surface area contributed by atoms with Gasteiger partial charge < -0.3 is 10.6 Å². The molecule has 1 aromatic rings. The molecule has 0 radical (unpaired) electrons. The van der Waals surface area contributed by atoms with Crippen LogP contribution in [0.15, 0.2) is 18.2 Å². The fourth-order valence-electron chi connectivity index (χ4n) is 1.87. The number of carbonyl (C=O) groups is 1. The summed E-state index contributed by atoms with van der Waals surface area (Å²) >= 11 is 0. The standard InChI is InChI=1S/C11H10F4N2O/c12-8-3-6(11(13,14)15)1-2-9(8)17-5-7(16)4-10(17)18/h1-3,7H,4-5,16H2. The first-order valence-electron chi connectivity index (χ1n) is 5.21. The molecule has 1 unspecified atom stereocenters. The maximum absolute atomic E-state index is 13.6. The molecule has 0 aliphatic carbocycles. The van der Waals surface area contributed by atoms with Gasteiger partial charge in [-0.15, -0.1) is 0 Å². The van der Waals surface area contributed by atoms with E-state index in [4.69, 9.17) is 5.73 Å². The number of amides is 1. The third-order valence-corrected chi connectivity index (χ3v) is 2.72. The first kappa shape index (κ1) is 12.8. The molecule has 18 heavy (non-hydrogen) atoms. The molecule has 0 aromatic heterocycles. The topological polar surface area (TPSA) is 46.3 Å². The van der Waals surface area contributed by atoms with Crippen molar-refractivity contribution in [2.45, 2.75) is 18.6 Å². The van der Waals surface area contributed by atoms with E-state index in [0.29, 0.717) is 6.07 Å². The number of alkyl halides is 3. The van der Waals surface area contributed by atoms with E-state index >= 15 is 0 Å². The SMILES string of the molecule is NC1CC(=O)N(c2ccc(C(F)(F)F)cc2F)C1. The molecule has 1 aliphatic heterocycles. The highest BCUT2D eigenvalue weighted by molar-refractivity contribution is 5.96. The molecule has 1 heterocycles. The van der Waals surface area contributed by atoms with Crippen molar-refractivity contribution in [3.05, 3.63) is 29.6 Å². The minimum absolute atomic E-state index is 0.0699. The van der Waals surface area contributed by atoms with Crippen molar-refractivity contribution in [3.8, 4) is 0 Å². The predicted octanol–water partition coefficient (Wildman–Crippen LogP) is 1.91. The molecule has 98 valence electrons. The van der Waals surface area contributed by atoms with E-state index in [2.05, 4.69) is 0 Å². The average molecular weight is 262 g/mol. The molecule has 0 bridgehead atoms. The molecule has 1 amide bonds. The van der Waals surface area contributed by atoms with Crippen molar-refractivity contribution >= 4 is 11.6 Å². The number of anilines is 1. The smallest absolute Gasteiger partial charge is 0.326 e. The molecular formula is C11H10F4N2O. The lowest BCUT2D eigenvalue weighted by Crippen LogP contribution is -2.28. The number of hydrogen-bond acceptors (Lipinski definition) is 2. The third kappa shape index (κ3) is 2.31. The third-order valence-electron chi connectivity index (χ3n) is 2.72. The second-order valence-electron chi connectivity index (χ2n) is 4.13. The van der Waals surface area contributed by atoms with Crippen LogP contribution in [0.5, 0.6) is 0 Å². The fourth-order valence-corrected chi connectivity index (χ4v) is 1.87. The van der Waals surface area contributed by atoms with Gasteiger partial charge in [0.25, 0.3) is 0 Å². The largest absolute Gasteiger partial charge is 0.416 e. The number of hydrogen-bond donors (Lipinski definition) is 1. The lowest BCUT2D eigenvalue weighted by atomic mass is 10.2. The Labute approximate surface area is 100 Å². The van der Waals surface area contributed by atoms with Crippen molar-refractivity contribution in [1.29, 1.82) is 0 Å². The van der Waals surface area contributed by atoms with E-state index in [-0.39, 0.29) is 24.6 Å². The molecule has 3 nitrogen and oxygen atoms in total. The van der Waals surface area contributed by atoms with Crippen molar-refractivity contribution in [2.24, 2.45) is 5.73 Å². The zero-order chi connectivity index (χ0) is 13.5. The van der Waals surface area contributed by atoms with Crippen LogP contribution in [0.4, 0.5) is 23.2 Å². The summed E-state index contributed by atoms with van der Waals surface area (Å²) in [5.41, 5.74) is 4.29. The molecule has 2 rings (SSSR count). The second kappa shape index (κ2) is 4.24. The Morgan fingerprint density at radius 2 is 2.00 bits per heavy atom. The summed E-state index contributed by atoms with van der Waals surface area (Å²) < 4.78 is 50.6. The van der Waals surface area contributed by atoms with Gasteiger partial charge in [-0.2, -0.15) is 13.2 Å². The van der Waals surface area contributed by atoms with Crippen LogP contribution in [-0.2, 0) is 11.0 Å². The van der Waals surface area contributed by atoms with Gasteiger partial charge in [-0.3, -0.25) is 4.79 Å². The summed E-state index contributed by atoms with van der Waals surface area (Å²) in [6, 6.07) is 1.66. The minimum Gasteiger partial charge on any atom is -0.326 e. The van der Waals surface area contributed by atoms with Crippen LogP contribution in [0, 0.1) is 5.82 Å². The van der Waals surface area contributed by atoms with E-state index in [1.54, 1.807) is 0 Å². The van der Waals surface area contributed by atoms with E-state index in [0.717, 1.165) is 17.0 Å². The van der Waals surface area contributed by atoms with Crippen molar-refractivity contribution in [1.82, 2.24) is 0 Å². The number of carbonyl (C=O) groups excluding carboxylic acids is 1. The molecule has 0 spiro atoms. The van der Waals surface area contributed by atoms with E-state index < -0.39 is 23.6 Å². The zero-order valence-corrected chi connectivity index (χ0v) is 9.17. The molecule has 1 atom stereocenters. The van der Waals surface area contributed by atoms with Crippen LogP contribution in [0.25, 0.3) is 0 Å². The molecule has 1 fully saturated rings. The summed E-state index contributed by atoms with van der Waals surface area (Å²) in [6.45, 7) is 0.112. The Bertz CT molecular complexity index is 486. The van der Waals surface area contributed by atoms with Gasteiger partial charge in [0.15, 0.2) is 0 Å². The van der Waals surface area contributed by atoms with E-state index in [9.17, 15) is 22.4 Å². The van der Waals surface area contributed by atoms with Crippen LogP contribution in [0.3, 0.4) is 0 Å². The van der Waals surface area contributed by atoms with Gasteiger partial charge in [0.1, 0.15) is 5.82 Å². The molecule has 7 heteroatoms. The van der Waals surface area contributed by atoms with E-state index in [1.807, 2.05) is 0 Å². The number of nitrogens with two attached hydrogens (primary N) is 1. The Balaban J connectivity index is 2.34. The van der Waals surface area contributed by atoms with Crippen LogP contribution in [-0.4, -0.2) is 18.5 Å². The van der Waals surface area contributed by atoms with Gasteiger partial charge in [-0.05, 0) is 18.2 Å². The molecule has 1 aliphatic rings. The monoisotopic (exact) mass is 262 g/mol. The number of nitrogens with zero attached hydrogens (tertiary/aromatic N) is 1. The summed E-state index contributed by atoms with van der Waals surface area (Å²) in [5.74, 6) is -1.46. The van der Waals surface area contributed by atoms with Crippen molar-refractivity contribution in [3.63, 3.8) is 0 Å². The van der Waals surface area contributed by atoms with E-state index in [1.165, 1.54) is 0 Å². The van der Waals surface area contributed by atoms with Crippen LogP contribution in [0.2, 0.25) is 0 Å². The van der Waals surface area contributed by atoms with Crippen LogP contribution < -0.4 is 10.6 Å². The molecule has 1 saturated heterocycles. The highest BCUT2D eigenvalue weighted by Gasteiger charge is 2.34. The molecule has 0 saturated carbocycles. The highest BCUT2D eigenvalue weighted by atomic mass is 19.4. The Hall–Kier alpha value is -1.63. The Morgan fingerprint density at radius 1 is 1.33 bits per heavy atom. The summed E-state index contributed by atoms with van der Waals surface area (Å²) in [6.07, 6.45) is -4.54. The fraction of sp³-hybridized carbons (Fsp3) is 0.364. The lowest BCUT2D eigenvalue weighted by Gasteiger charge is -2.18. The zero-order valence-electron chi connectivity index (χ0n) is 9.17. The number of rotatable bonds is 1. The van der Waals surface area contributed by atoms with Gasteiger partial charge in [-0.1, -0.05) is 0 Å². The second-order valence-corrected chi connectivity index (χ2v) is 4.13. The Kier molecular flexibility index (Phi) is 3.02. The highest BCUT2D eigenvalue weighted by Crippen LogP contribution is 2.33. The minimum atomic E-state index is -4.61. The first-order chi connectivity index (χ1) is 8.29. The van der Waals surface area contributed by atoms with Gasteiger partial charge in [0.2, 0.25) is 5.91 Å². The van der Waals surface area contributed by atoms with Crippen LogP contribution in [0.1, 0.15) is 12.0 Å². The molecular weight excluding hydrogens is 252 g/mol. The van der Waals surface area contributed by atoms with Gasteiger partial charge in [-0.25, -0.2) is 4.39 Å². The normalized spacial score (nSPS) is 20.6. The number of halogens is 4. The van der Waals surface area contributed by atoms with Gasteiger partial charge in [0, 0.05) is 19.0 Å². The predicted molar refractivity (Wildman–Crippen MR) is 56.3 cm³/mol. The maximum Gasteiger partial charge on any atom is 0.416 e. The lowest BCUT2D eigenvalue weighted by molar-refractivity contribution is -0.137. The quantitative estimate of drug-likeness (QED) is 0.786. The molecule has 1 aromatic carbocycles. The summed E-state index contributed by atoms with van der Waals surface area (Å²) in [7, 11) is 0. The van der Waals surface area contributed by atoms with Crippen molar-refractivity contribution in [2.75, 3.05) is 11.4 Å². The molecule has 2 N–H and O–H groups in total. The first-order valence-corrected chi connectivity index (χ1v) is 5.21. The van der Waals surface area contributed by atoms with Crippen molar-refractivity contribution < 1.29 is 22.4 Å². The average Bonchev–Trinajstić information content (AvgIpc) is 2.56. The van der Waals surface area contributed by atoms with Gasteiger partial charge >= 0.3 is 6.18 Å². The summed E-state index contributed by atoms with van der Waals surface area (Å²) in [5, 5.41) is 0. The van der Waals surface area contributed by atoms with Gasteiger partial charge in [0.05, 0.1) is 11.3 Å². The maximum atomic E-state index is 13.6.